The van der Waals surface area contributed by atoms with Gasteiger partial charge < -0.3 is 16.4 Å². The first-order chi connectivity index (χ1) is 14.0. The average Bonchev–Trinajstić information content (AvgIpc) is 3.31. The van der Waals surface area contributed by atoms with Crippen molar-refractivity contribution in [2.24, 2.45) is 0 Å². The molecule has 0 bridgehead atoms. The molecule has 0 saturated heterocycles. The SMILES string of the molecule is N#Cc1sc(NCCNc2nc(-c3ccc(Cl)cc3Cl)cn3cnnc23)nc1N. The average molecular weight is 446 g/mol. The van der Waals surface area contributed by atoms with Crippen LogP contribution < -0.4 is 16.4 Å². The fraction of sp³-hybridized carbons (Fsp3) is 0.118. The number of nitrogens with two attached hydrogens (primary N) is 1. The number of thiazole rings is 1. The molecule has 0 aliphatic heterocycles. The van der Waals surface area contributed by atoms with Crippen molar-refractivity contribution < 1.29 is 0 Å². The third-order valence-corrected chi connectivity index (χ3v) is 5.42. The van der Waals surface area contributed by atoms with E-state index >= 15 is 0 Å². The van der Waals surface area contributed by atoms with Crippen LogP contribution >= 0.6 is 34.5 Å². The van der Waals surface area contributed by atoms with E-state index in [9.17, 15) is 0 Å². The number of rotatable bonds is 6. The van der Waals surface area contributed by atoms with E-state index in [4.69, 9.17) is 34.2 Å². The van der Waals surface area contributed by atoms with Gasteiger partial charge >= 0.3 is 0 Å². The summed E-state index contributed by atoms with van der Waals surface area (Å²) in [5.74, 6) is 0.788. The Morgan fingerprint density at radius 2 is 2.03 bits per heavy atom. The van der Waals surface area contributed by atoms with Crippen molar-refractivity contribution in [1.82, 2.24) is 24.6 Å². The zero-order valence-corrected chi connectivity index (χ0v) is 17.1. The topological polar surface area (TPSA) is 130 Å². The van der Waals surface area contributed by atoms with Crippen LogP contribution in [0.5, 0.6) is 0 Å². The summed E-state index contributed by atoms with van der Waals surface area (Å²) >= 11 is 13.5. The van der Waals surface area contributed by atoms with Crippen molar-refractivity contribution in [3.8, 4) is 17.3 Å². The van der Waals surface area contributed by atoms with E-state index in [0.717, 1.165) is 5.56 Å². The highest BCUT2D eigenvalue weighted by molar-refractivity contribution is 7.16. The molecule has 146 valence electrons. The Balaban J connectivity index is 1.52. The molecule has 0 amide bonds. The number of nitrogens with one attached hydrogen (secondary N) is 2. The van der Waals surface area contributed by atoms with Gasteiger partial charge in [-0.05, 0) is 18.2 Å². The fourth-order valence-corrected chi connectivity index (χ4v) is 3.83. The standard InChI is InChI=1S/C17H13Cl2N9S/c18-9-1-2-10(11(19)5-9)12-7-28-8-24-27-16(28)15(25-12)22-3-4-23-17-26-14(21)13(6-20)29-17/h1-2,5,7-8H,3-4,21H2,(H,22,25)(H,23,26). The minimum Gasteiger partial charge on any atom is -0.382 e. The van der Waals surface area contributed by atoms with Gasteiger partial charge in [-0.1, -0.05) is 34.5 Å². The zero-order chi connectivity index (χ0) is 20.4. The van der Waals surface area contributed by atoms with Crippen LogP contribution in [-0.2, 0) is 0 Å². The van der Waals surface area contributed by atoms with Gasteiger partial charge in [-0.2, -0.15) is 5.26 Å². The molecular weight excluding hydrogens is 433 g/mol. The smallest absolute Gasteiger partial charge is 0.203 e. The summed E-state index contributed by atoms with van der Waals surface area (Å²) in [6, 6.07) is 7.25. The minimum atomic E-state index is 0.229. The number of halogens is 2. The predicted octanol–water partition coefficient (Wildman–Crippen LogP) is 3.53. The van der Waals surface area contributed by atoms with Crippen LogP contribution in [0, 0.1) is 11.3 Å². The van der Waals surface area contributed by atoms with E-state index in [2.05, 4.69) is 30.8 Å². The lowest BCUT2D eigenvalue weighted by atomic mass is 10.1. The van der Waals surface area contributed by atoms with Crippen molar-refractivity contribution >= 4 is 57.0 Å². The van der Waals surface area contributed by atoms with E-state index < -0.39 is 0 Å². The minimum absolute atomic E-state index is 0.229. The number of hydrogen-bond donors (Lipinski definition) is 3. The maximum atomic E-state index is 8.95. The van der Waals surface area contributed by atoms with E-state index in [0.29, 0.717) is 50.3 Å². The molecule has 9 nitrogen and oxygen atoms in total. The first-order valence-electron chi connectivity index (χ1n) is 8.35. The largest absolute Gasteiger partial charge is 0.382 e. The molecule has 0 aliphatic rings. The third kappa shape index (κ3) is 4.02. The number of nitrogens with zero attached hydrogens (tertiary/aromatic N) is 6. The maximum Gasteiger partial charge on any atom is 0.203 e. The molecule has 0 atom stereocenters. The molecule has 0 spiro atoms. The van der Waals surface area contributed by atoms with Crippen LogP contribution in [0.25, 0.3) is 16.9 Å². The highest BCUT2D eigenvalue weighted by atomic mass is 35.5. The monoisotopic (exact) mass is 445 g/mol. The van der Waals surface area contributed by atoms with Crippen LogP contribution in [-0.4, -0.2) is 37.7 Å². The Labute approximate surface area is 179 Å². The summed E-state index contributed by atoms with van der Waals surface area (Å²) in [4.78, 5) is 9.14. The van der Waals surface area contributed by atoms with Gasteiger partial charge in [0.1, 0.15) is 17.3 Å². The van der Waals surface area contributed by atoms with Gasteiger partial charge in [-0.3, -0.25) is 4.40 Å². The van der Waals surface area contributed by atoms with E-state index in [1.54, 1.807) is 29.1 Å². The van der Waals surface area contributed by atoms with Gasteiger partial charge in [0.05, 0.1) is 10.7 Å². The first-order valence-corrected chi connectivity index (χ1v) is 9.92. The summed E-state index contributed by atoms with van der Waals surface area (Å²) < 4.78 is 1.77. The molecule has 3 aromatic heterocycles. The summed E-state index contributed by atoms with van der Waals surface area (Å²) in [5.41, 5.74) is 7.65. The highest BCUT2D eigenvalue weighted by Gasteiger charge is 2.12. The van der Waals surface area contributed by atoms with Gasteiger partial charge in [0.2, 0.25) is 5.65 Å². The van der Waals surface area contributed by atoms with Gasteiger partial charge in [0, 0.05) is 29.9 Å². The third-order valence-electron chi connectivity index (χ3n) is 3.93. The lowest BCUT2D eigenvalue weighted by Crippen LogP contribution is -2.15. The molecule has 0 aliphatic carbocycles. The molecule has 12 heteroatoms. The maximum absolute atomic E-state index is 8.95. The van der Waals surface area contributed by atoms with Crippen LogP contribution in [0.2, 0.25) is 10.0 Å². The molecule has 29 heavy (non-hydrogen) atoms. The lowest BCUT2D eigenvalue weighted by molar-refractivity contribution is 1.04. The van der Waals surface area contributed by atoms with Crippen molar-refractivity contribution in [2.45, 2.75) is 0 Å². The zero-order valence-electron chi connectivity index (χ0n) is 14.7. The van der Waals surface area contributed by atoms with Crippen molar-refractivity contribution in [1.29, 1.82) is 5.26 Å². The van der Waals surface area contributed by atoms with Gasteiger partial charge in [0.15, 0.2) is 16.8 Å². The first kappa shape index (κ1) is 19.2. The van der Waals surface area contributed by atoms with Crippen molar-refractivity contribution in [3.63, 3.8) is 0 Å². The molecule has 0 saturated carbocycles. The van der Waals surface area contributed by atoms with Gasteiger partial charge in [-0.25, -0.2) is 9.97 Å². The van der Waals surface area contributed by atoms with Gasteiger partial charge in [-0.15, -0.1) is 10.2 Å². The summed E-state index contributed by atoms with van der Waals surface area (Å²) in [5, 5.41) is 25.0. The Morgan fingerprint density at radius 3 is 2.79 bits per heavy atom. The Morgan fingerprint density at radius 1 is 1.21 bits per heavy atom. The lowest BCUT2D eigenvalue weighted by Gasteiger charge is -2.10. The number of nitrogen functional groups attached to an aromatic ring is 1. The van der Waals surface area contributed by atoms with E-state index in [1.807, 2.05) is 12.1 Å². The predicted molar refractivity (Wildman–Crippen MR) is 114 cm³/mol. The molecule has 0 radical (unpaired) electrons. The number of benzene rings is 1. The summed E-state index contributed by atoms with van der Waals surface area (Å²) in [6.45, 7) is 1.06. The molecule has 3 heterocycles. The normalized spacial score (nSPS) is 10.8. The number of fused-ring (bicyclic) bond motifs is 1. The number of anilines is 3. The Bertz CT molecular complexity index is 1230. The molecular formula is C17H13Cl2N9S. The Kier molecular flexibility index (Phi) is 5.35. The molecule has 4 N–H and O–H groups in total. The molecule has 4 aromatic rings. The second-order valence-corrected chi connectivity index (χ2v) is 7.70. The summed E-state index contributed by atoms with van der Waals surface area (Å²) in [7, 11) is 0. The quantitative estimate of drug-likeness (QED) is 0.384. The van der Waals surface area contributed by atoms with E-state index in [1.165, 1.54) is 11.3 Å². The fourth-order valence-electron chi connectivity index (χ4n) is 2.62. The van der Waals surface area contributed by atoms with E-state index in [-0.39, 0.29) is 5.82 Å². The molecule has 0 fully saturated rings. The van der Waals surface area contributed by atoms with Crippen molar-refractivity contribution in [2.75, 3.05) is 29.5 Å². The number of aromatic nitrogens is 5. The van der Waals surface area contributed by atoms with Crippen LogP contribution in [0.4, 0.5) is 16.8 Å². The van der Waals surface area contributed by atoms with Crippen LogP contribution in [0.3, 0.4) is 0 Å². The van der Waals surface area contributed by atoms with Crippen LogP contribution in [0.15, 0.2) is 30.7 Å². The second kappa shape index (κ2) is 8.08. The molecule has 1 aromatic carbocycles. The second-order valence-electron chi connectivity index (χ2n) is 5.86. The molecule has 0 unspecified atom stereocenters. The summed E-state index contributed by atoms with van der Waals surface area (Å²) in [6.07, 6.45) is 3.39. The Hall–Kier alpha value is -3.13. The number of nitriles is 1. The molecule has 4 rings (SSSR count). The highest BCUT2D eigenvalue weighted by Crippen LogP contribution is 2.30. The number of hydrogen-bond acceptors (Lipinski definition) is 9. The van der Waals surface area contributed by atoms with Crippen LogP contribution in [0.1, 0.15) is 4.88 Å². The van der Waals surface area contributed by atoms with Gasteiger partial charge in [0.25, 0.3) is 0 Å². The van der Waals surface area contributed by atoms with Crippen molar-refractivity contribution in [3.05, 3.63) is 45.6 Å².